The van der Waals surface area contributed by atoms with Gasteiger partial charge in [0.25, 0.3) is 0 Å². The SMILES string of the molecule is O=C(O)c1cc(-c2cccnc2)nc(-c2cccnc2)c1. The molecule has 1 N–H and O–H groups in total. The summed E-state index contributed by atoms with van der Waals surface area (Å²) in [7, 11) is 0. The Morgan fingerprint density at radius 1 is 0.905 bits per heavy atom. The van der Waals surface area contributed by atoms with Gasteiger partial charge in [-0.3, -0.25) is 9.97 Å². The monoisotopic (exact) mass is 277 g/mol. The van der Waals surface area contributed by atoms with E-state index in [1.165, 1.54) is 0 Å². The van der Waals surface area contributed by atoms with Gasteiger partial charge in [-0.1, -0.05) is 0 Å². The van der Waals surface area contributed by atoms with Gasteiger partial charge in [0.15, 0.2) is 0 Å². The first-order valence-electron chi connectivity index (χ1n) is 6.30. The van der Waals surface area contributed by atoms with Crippen molar-refractivity contribution in [3.63, 3.8) is 0 Å². The van der Waals surface area contributed by atoms with Crippen LogP contribution in [0.5, 0.6) is 0 Å². The minimum Gasteiger partial charge on any atom is -0.478 e. The van der Waals surface area contributed by atoms with Crippen LogP contribution in [-0.2, 0) is 0 Å². The molecule has 0 amide bonds. The van der Waals surface area contributed by atoms with Crippen molar-refractivity contribution >= 4 is 5.97 Å². The molecular weight excluding hydrogens is 266 g/mol. The van der Waals surface area contributed by atoms with Gasteiger partial charge >= 0.3 is 5.97 Å². The van der Waals surface area contributed by atoms with Crippen molar-refractivity contribution in [2.45, 2.75) is 0 Å². The molecule has 3 heterocycles. The standard InChI is InChI=1S/C16H11N3O2/c20-16(21)13-7-14(11-3-1-5-17-9-11)19-15(8-13)12-4-2-6-18-10-12/h1-10H,(H,20,21). The lowest BCUT2D eigenvalue weighted by Gasteiger charge is -2.07. The van der Waals surface area contributed by atoms with Gasteiger partial charge in [-0.25, -0.2) is 9.78 Å². The highest BCUT2D eigenvalue weighted by molar-refractivity contribution is 5.90. The first kappa shape index (κ1) is 12.9. The molecule has 102 valence electrons. The third-order valence-electron chi connectivity index (χ3n) is 2.99. The van der Waals surface area contributed by atoms with E-state index >= 15 is 0 Å². The van der Waals surface area contributed by atoms with Gasteiger partial charge < -0.3 is 5.11 Å². The number of carboxylic acids is 1. The maximum atomic E-state index is 11.3. The van der Waals surface area contributed by atoms with Gasteiger partial charge in [-0.2, -0.15) is 0 Å². The van der Waals surface area contributed by atoms with E-state index in [9.17, 15) is 9.90 Å². The Bertz CT molecular complexity index is 716. The topological polar surface area (TPSA) is 76.0 Å². The molecule has 0 aliphatic heterocycles. The number of carbonyl (C=O) groups is 1. The summed E-state index contributed by atoms with van der Waals surface area (Å²) in [5.74, 6) is -0.993. The lowest BCUT2D eigenvalue weighted by molar-refractivity contribution is 0.0697. The molecule has 0 spiro atoms. The third-order valence-corrected chi connectivity index (χ3v) is 2.99. The van der Waals surface area contributed by atoms with E-state index in [0.29, 0.717) is 11.4 Å². The van der Waals surface area contributed by atoms with Gasteiger partial charge in [-0.05, 0) is 36.4 Å². The molecule has 5 heteroatoms. The van der Waals surface area contributed by atoms with E-state index in [1.54, 1.807) is 49.1 Å². The third kappa shape index (κ3) is 2.76. The largest absolute Gasteiger partial charge is 0.478 e. The van der Waals surface area contributed by atoms with Gasteiger partial charge in [0.05, 0.1) is 17.0 Å². The van der Waals surface area contributed by atoms with Gasteiger partial charge in [0.2, 0.25) is 0 Å². The van der Waals surface area contributed by atoms with Crippen LogP contribution < -0.4 is 0 Å². The van der Waals surface area contributed by atoms with Crippen LogP contribution in [0.4, 0.5) is 0 Å². The molecule has 0 fully saturated rings. The number of hydrogen-bond acceptors (Lipinski definition) is 4. The summed E-state index contributed by atoms with van der Waals surface area (Å²) in [5.41, 5.74) is 2.86. The minimum absolute atomic E-state index is 0.183. The Kier molecular flexibility index (Phi) is 3.39. The Morgan fingerprint density at radius 2 is 1.43 bits per heavy atom. The van der Waals surface area contributed by atoms with Crippen molar-refractivity contribution in [3.8, 4) is 22.5 Å². The van der Waals surface area contributed by atoms with Crippen LogP contribution in [0.15, 0.2) is 61.2 Å². The Morgan fingerprint density at radius 3 is 1.81 bits per heavy atom. The van der Waals surface area contributed by atoms with Crippen LogP contribution in [0.1, 0.15) is 10.4 Å². The molecule has 0 bridgehead atoms. The first-order valence-corrected chi connectivity index (χ1v) is 6.30. The molecule has 0 unspecified atom stereocenters. The molecule has 3 aromatic heterocycles. The van der Waals surface area contributed by atoms with Crippen molar-refractivity contribution < 1.29 is 9.90 Å². The molecule has 0 radical (unpaired) electrons. The van der Waals surface area contributed by atoms with E-state index in [1.807, 2.05) is 12.1 Å². The fourth-order valence-electron chi connectivity index (χ4n) is 1.98. The second-order valence-electron chi connectivity index (χ2n) is 4.41. The van der Waals surface area contributed by atoms with Crippen molar-refractivity contribution in [2.75, 3.05) is 0 Å². The molecule has 21 heavy (non-hydrogen) atoms. The maximum Gasteiger partial charge on any atom is 0.335 e. The van der Waals surface area contributed by atoms with Crippen LogP contribution in [0.3, 0.4) is 0 Å². The first-order chi connectivity index (χ1) is 10.2. The number of aromatic nitrogens is 3. The Labute approximate surface area is 121 Å². The normalized spacial score (nSPS) is 10.3. The fraction of sp³-hybridized carbons (Fsp3) is 0. The lowest BCUT2D eigenvalue weighted by atomic mass is 10.1. The fourth-order valence-corrected chi connectivity index (χ4v) is 1.98. The zero-order valence-electron chi connectivity index (χ0n) is 11.0. The Balaban J connectivity index is 2.18. The van der Waals surface area contributed by atoms with Crippen LogP contribution in [0.2, 0.25) is 0 Å². The molecule has 0 atom stereocenters. The quantitative estimate of drug-likeness (QED) is 0.796. The highest BCUT2D eigenvalue weighted by atomic mass is 16.4. The highest BCUT2D eigenvalue weighted by Crippen LogP contribution is 2.23. The zero-order chi connectivity index (χ0) is 14.7. The summed E-state index contributed by atoms with van der Waals surface area (Å²) in [6, 6.07) is 10.3. The highest BCUT2D eigenvalue weighted by Gasteiger charge is 2.11. The molecule has 0 saturated heterocycles. The molecule has 0 aliphatic rings. The number of carboxylic acid groups (broad SMARTS) is 1. The number of hydrogen-bond donors (Lipinski definition) is 1. The van der Waals surface area contributed by atoms with Crippen molar-refractivity contribution in [1.29, 1.82) is 0 Å². The summed E-state index contributed by atoms with van der Waals surface area (Å²) >= 11 is 0. The summed E-state index contributed by atoms with van der Waals surface area (Å²) < 4.78 is 0. The van der Waals surface area contributed by atoms with E-state index in [4.69, 9.17) is 0 Å². The molecule has 5 nitrogen and oxygen atoms in total. The van der Waals surface area contributed by atoms with Crippen LogP contribution in [0.25, 0.3) is 22.5 Å². The van der Waals surface area contributed by atoms with Gasteiger partial charge in [0, 0.05) is 35.9 Å². The Hall–Kier alpha value is -3.08. The summed E-state index contributed by atoms with van der Waals surface area (Å²) in [5, 5.41) is 9.27. The van der Waals surface area contributed by atoms with Gasteiger partial charge in [-0.15, -0.1) is 0 Å². The number of aromatic carboxylic acids is 1. The molecule has 3 aromatic rings. The van der Waals surface area contributed by atoms with E-state index in [-0.39, 0.29) is 5.56 Å². The molecule has 3 rings (SSSR count). The van der Waals surface area contributed by atoms with Crippen LogP contribution in [0, 0.1) is 0 Å². The molecule has 0 saturated carbocycles. The average Bonchev–Trinajstić information content (AvgIpc) is 2.56. The predicted molar refractivity (Wildman–Crippen MR) is 77.7 cm³/mol. The number of rotatable bonds is 3. The average molecular weight is 277 g/mol. The van der Waals surface area contributed by atoms with E-state index in [2.05, 4.69) is 15.0 Å². The summed E-state index contributed by atoms with van der Waals surface area (Å²) in [4.78, 5) is 23.9. The minimum atomic E-state index is -0.993. The van der Waals surface area contributed by atoms with Crippen molar-refractivity contribution in [3.05, 3.63) is 66.7 Å². The van der Waals surface area contributed by atoms with Crippen LogP contribution >= 0.6 is 0 Å². The second kappa shape index (κ2) is 5.50. The molecular formula is C16H11N3O2. The van der Waals surface area contributed by atoms with Crippen molar-refractivity contribution in [1.82, 2.24) is 15.0 Å². The maximum absolute atomic E-state index is 11.3. The molecule has 0 aromatic carbocycles. The smallest absolute Gasteiger partial charge is 0.335 e. The second-order valence-corrected chi connectivity index (χ2v) is 4.41. The number of nitrogens with zero attached hydrogens (tertiary/aromatic N) is 3. The summed E-state index contributed by atoms with van der Waals surface area (Å²) in [6.45, 7) is 0. The van der Waals surface area contributed by atoms with E-state index in [0.717, 1.165) is 11.1 Å². The van der Waals surface area contributed by atoms with Crippen molar-refractivity contribution in [2.24, 2.45) is 0 Å². The van der Waals surface area contributed by atoms with Crippen LogP contribution in [-0.4, -0.2) is 26.0 Å². The van der Waals surface area contributed by atoms with Gasteiger partial charge in [0.1, 0.15) is 0 Å². The lowest BCUT2D eigenvalue weighted by Crippen LogP contribution is -2.00. The summed E-state index contributed by atoms with van der Waals surface area (Å²) in [6.07, 6.45) is 6.63. The zero-order valence-corrected chi connectivity index (χ0v) is 11.0. The number of pyridine rings is 3. The molecule has 0 aliphatic carbocycles. The predicted octanol–water partition coefficient (Wildman–Crippen LogP) is 2.90. The van der Waals surface area contributed by atoms with E-state index < -0.39 is 5.97 Å².